The van der Waals surface area contributed by atoms with Crippen molar-refractivity contribution in [2.45, 2.75) is 19.3 Å². The zero-order valence-corrected chi connectivity index (χ0v) is 18.5. The first-order chi connectivity index (χ1) is 16.3. The van der Waals surface area contributed by atoms with Crippen LogP contribution in [0.1, 0.15) is 33.4 Å². The Bertz CT molecular complexity index is 1420. The van der Waals surface area contributed by atoms with E-state index in [4.69, 9.17) is 0 Å². The van der Waals surface area contributed by atoms with E-state index in [9.17, 15) is 0 Å². The highest BCUT2D eigenvalue weighted by atomic mass is 14.3. The maximum Gasteiger partial charge on any atom is -0.00132 e. The summed E-state index contributed by atoms with van der Waals surface area (Å²) in [6.07, 6.45) is 3.27. The fourth-order valence-electron chi connectivity index (χ4n) is 5.85. The summed E-state index contributed by atoms with van der Waals surface area (Å²) in [5.41, 5.74) is 17.4. The van der Waals surface area contributed by atoms with E-state index in [-0.39, 0.29) is 0 Å². The number of benzene rings is 5. The predicted octanol–water partition coefficient (Wildman–Crippen LogP) is 8.09. The van der Waals surface area contributed by atoms with Gasteiger partial charge in [0.25, 0.3) is 0 Å². The van der Waals surface area contributed by atoms with Crippen molar-refractivity contribution in [1.82, 2.24) is 0 Å². The molecule has 0 aliphatic heterocycles. The summed E-state index contributed by atoms with van der Waals surface area (Å²) >= 11 is 0. The van der Waals surface area contributed by atoms with Gasteiger partial charge >= 0.3 is 0 Å². The van der Waals surface area contributed by atoms with E-state index in [2.05, 4.69) is 109 Å². The van der Waals surface area contributed by atoms with Crippen LogP contribution in [0.25, 0.3) is 33.4 Å². The van der Waals surface area contributed by atoms with Crippen LogP contribution in [0.2, 0.25) is 0 Å². The summed E-state index contributed by atoms with van der Waals surface area (Å²) in [6.45, 7) is 0. The van der Waals surface area contributed by atoms with Crippen LogP contribution in [0, 0.1) is 0 Å². The van der Waals surface area contributed by atoms with E-state index < -0.39 is 0 Å². The smallest absolute Gasteiger partial charge is 0.00132 e. The van der Waals surface area contributed by atoms with Crippen molar-refractivity contribution < 1.29 is 0 Å². The number of fused-ring (bicyclic) bond motifs is 9. The van der Waals surface area contributed by atoms with E-state index in [0.29, 0.717) is 0 Å². The first-order valence-electron chi connectivity index (χ1n) is 11.8. The third-order valence-corrected chi connectivity index (χ3v) is 7.41. The molecule has 5 aromatic carbocycles. The van der Waals surface area contributed by atoms with Gasteiger partial charge in [0.15, 0.2) is 0 Å². The molecule has 0 aromatic heterocycles. The van der Waals surface area contributed by atoms with Crippen LogP contribution in [-0.4, -0.2) is 0 Å². The van der Waals surface area contributed by atoms with Crippen molar-refractivity contribution in [3.63, 3.8) is 0 Å². The summed E-state index contributed by atoms with van der Waals surface area (Å²) in [5.74, 6) is 0. The molecule has 0 spiro atoms. The maximum atomic E-state index is 2.43. The summed E-state index contributed by atoms with van der Waals surface area (Å²) in [6, 6.07) is 39.8. The molecule has 0 saturated heterocycles. The van der Waals surface area contributed by atoms with Crippen LogP contribution in [0.3, 0.4) is 0 Å². The Kier molecular flexibility index (Phi) is 4.14. The van der Waals surface area contributed by atoms with E-state index >= 15 is 0 Å². The SMILES string of the molecule is c1ccc2c(c1)Cc1cc3c(cc1-2)Cc1ccccc1-3.c1ccc2c(c1)Cc1ccccc1-2. The van der Waals surface area contributed by atoms with Gasteiger partial charge in [0, 0.05) is 0 Å². The molecule has 0 heterocycles. The van der Waals surface area contributed by atoms with Gasteiger partial charge in [-0.05, 0) is 98.2 Å². The number of rotatable bonds is 0. The predicted molar refractivity (Wildman–Crippen MR) is 138 cm³/mol. The molecule has 0 amide bonds. The highest BCUT2D eigenvalue weighted by Gasteiger charge is 2.24. The Morgan fingerprint density at radius 3 is 0.909 bits per heavy atom. The standard InChI is InChI=1S/C20H14.C13H10/c1-3-7-17-13(5-1)9-15-11-20-16(12-19(15)17)10-14-6-2-4-8-18(14)20;1-3-7-12-10(5-1)9-11-6-2-4-8-13(11)12/h1-8,11-12H,9-10H2;1-8H,9H2. The minimum absolute atomic E-state index is 1.08. The lowest BCUT2D eigenvalue weighted by atomic mass is 9.98. The topological polar surface area (TPSA) is 0 Å². The van der Waals surface area contributed by atoms with Crippen LogP contribution in [0.5, 0.6) is 0 Å². The summed E-state index contributed by atoms with van der Waals surface area (Å²) in [7, 11) is 0. The molecule has 5 aromatic rings. The molecule has 3 aliphatic carbocycles. The van der Waals surface area contributed by atoms with E-state index in [1.165, 1.54) is 66.8 Å². The van der Waals surface area contributed by atoms with E-state index in [0.717, 1.165) is 19.3 Å². The molecule has 0 N–H and O–H groups in total. The molecule has 0 unspecified atom stereocenters. The van der Waals surface area contributed by atoms with Crippen LogP contribution in [0.15, 0.2) is 109 Å². The molecule has 3 aliphatic rings. The van der Waals surface area contributed by atoms with Gasteiger partial charge in [-0.1, -0.05) is 97.1 Å². The zero-order valence-electron chi connectivity index (χ0n) is 18.5. The maximum absolute atomic E-state index is 2.43. The molecular weight excluding hydrogens is 396 g/mol. The van der Waals surface area contributed by atoms with Crippen LogP contribution in [-0.2, 0) is 19.3 Å². The molecule has 0 atom stereocenters. The van der Waals surface area contributed by atoms with Crippen molar-refractivity contribution in [3.05, 3.63) is 143 Å². The second kappa shape index (κ2) is 7.32. The molecular formula is C33H24. The Balaban J connectivity index is 0.000000127. The molecule has 33 heavy (non-hydrogen) atoms. The Morgan fingerprint density at radius 1 is 0.273 bits per heavy atom. The van der Waals surface area contributed by atoms with Gasteiger partial charge in [-0.15, -0.1) is 0 Å². The zero-order chi connectivity index (χ0) is 21.8. The lowest BCUT2D eigenvalue weighted by Gasteiger charge is -2.06. The Morgan fingerprint density at radius 2 is 0.545 bits per heavy atom. The quantitative estimate of drug-likeness (QED) is 0.232. The Labute approximate surface area is 195 Å². The van der Waals surface area contributed by atoms with Crippen LogP contribution in [0.4, 0.5) is 0 Å². The Hall–Kier alpha value is -3.90. The lowest BCUT2D eigenvalue weighted by Crippen LogP contribution is -1.85. The second-order valence-electron chi connectivity index (χ2n) is 9.33. The van der Waals surface area contributed by atoms with Gasteiger partial charge in [0.2, 0.25) is 0 Å². The first-order valence-corrected chi connectivity index (χ1v) is 11.8. The number of hydrogen-bond acceptors (Lipinski definition) is 0. The average Bonchev–Trinajstić information content (AvgIpc) is 3.53. The van der Waals surface area contributed by atoms with Gasteiger partial charge in [0.05, 0.1) is 0 Å². The summed E-state index contributed by atoms with van der Waals surface area (Å²) in [4.78, 5) is 0. The number of hydrogen-bond donors (Lipinski definition) is 0. The largest absolute Gasteiger partial charge is 0.0619 e. The lowest BCUT2D eigenvalue weighted by molar-refractivity contribution is 1.24. The molecule has 0 saturated carbocycles. The first kappa shape index (κ1) is 18.7. The molecule has 0 nitrogen and oxygen atoms in total. The van der Waals surface area contributed by atoms with Crippen molar-refractivity contribution in [3.8, 4) is 33.4 Å². The van der Waals surface area contributed by atoms with Gasteiger partial charge < -0.3 is 0 Å². The summed E-state index contributed by atoms with van der Waals surface area (Å²) in [5, 5.41) is 0. The minimum atomic E-state index is 1.08. The average molecular weight is 421 g/mol. The van der Waals surface area contributed by atoms with Crippen molar-refractivity contribution >= 4 is 0 Å². The second-order valence-corrected chi connectivity index (χ2v) is 9.33. The van der Waals surface area contributed by atoms with E-state index in [1.807, 2.05) is 0 Å². The molecule has 8 rings (SSSR count). The van der Waals surface area contributed by atoms with Crippen molar-refractivity contribution in [2.24, 2.45) is 0 Å². The highest BCUT2D eigenvalue weighted by Crippen LogP contribution is 2.44. The van der Waals surface area contributed by atoms with Crippen LogP contribution < -0.4 is 0 Å². The molecule has 156 valence electrons. The van der Waals surface area contributed by atoms with Crippen molar-refractivity contribution in [2.75, 3.05) is 0 Å². The molecule has 0 bridgehead atoms. The molecule has 0 heteroatoms. The highest BCUT2D eigenvalue weighted by molar-refractivity contribution is 5.85. The van der Waals surface area contributed by atoms with Gasteiger partial charge in [-0.25, -0.2) is 0 Å². The summed E-state index contributed by atoms with van der Waals surface area (Å²) < 4.78 is 0. The fourth-order valence-corrected chi connectivity index (χ4v) is 5.85. The third-order valence-electron chi connectivity index (χ3n) is 7.41. The third kappa shape index (κ3) is 2.98. The van der Waals surface area contributed by atoms with Gasteiger partial charge in [-0.2, -0.15) is 0 Å². The fraction of sp³-hybridized carbons (Fsp3) is 0.0909. The van der Waals surface area contributed by atoms with Crippen LogP contribution >= 0.6 is 0 Å². The van der Waals surface area contributed by atoms with Gasteiger partial charge in [-0.3, -0.25) is 0 Å². The minimum Gasteiger partial charge on any atom is -0.0619 e. The normalized spacial score (nSPS) is 13.1. The van der Waals surface area contributed by atoms with Gasteiger partial charge in [0.1, 0.15) is 0 Å². The molecule has 0 fully saturated rings. The molecule has 0 radical (unpaired) electrons. The van der Waals surface area contributed by atoms with Crippen molar-refractivity contribution in [1.29, 1.82) is 0 Å². The van der Waals surface area contributed by atoms with E-state index in [1.54, 1.807) is 0 Å². The monoisotopic (exact) mass is 420 g/mol.